The van der Waals surface area contributed by atoms with E-state index in [4.69, 9.17) is 4.74 Å². The molecular weight excluding hydrogens is 411 g/mol. The van der Waals surface area contributed by atoms with E-state index in [1.165, 1.54) is 41.4 Å². The van der Waals surface area contributed by atoms with E-state index in [1.54, 1.807) is 6.92 Å². The van der Waals surface area contributed by atoms with Gasteiger partial charge in [0.2, 0.25) is 5.91 Å². The van der Waals surface area contributed by atoms with Crippen molar-refractivity contribution in [3.8, 4) is 0 Å². The molecule has 4 rings (SSSR count). The second kappa shape index (κ2) is 7.96. The summed E-state index contributed by atoms with van der Waals surface area (Å²) in [4.78, 5) is 32.8. The highest BCUT2D eigenvalue weighted by atomic mass is 19.3. The van der Waals surface area contributed by atoms with Gasteiger partial charge in [0.15, 0.2) is 11.6 Å². The van der Waals surface area contributed by atoms with Crippen molar-refractivity contribution in [1.82, 2.24) is 9.88 Å². The number of hydrogen-bond acceptors (Lipinski definition) is 4. The van der Waals surface area contributed by atoms with E-state index in [2.05, 4.69) is 4.98 Å². The lowest BCUT2D eigenvalue weighted by Gasteiger charge is -2.45. The monoisotopic (exact) mass is 433 g/mol. The molecule has 0 unspecified atom stereocenters. The summed E-state index contributed by atoms with van der Waals surface area (Å²) >= 11 is 0. The second-order valence-corrected chi connectivity index (χ2v) is 8.09. The number of nitrogens with zero attached hydrogens (tertiary/aromatic N) is 3. The number of ether oxygens (including phenoxy) is 1. The SMILES string of the molecule is Cc1cnc(N2CC(=O)N(Cc3ccc(C(C)(F)F)cc3)[C@@H](C3COC3)C2=O)c(F)c1. The zero-order valence-corrected chi connectivity index (χ0v) is 17.1. The minimum Gasteiger partial charge on any atom is -0.380 e. The molecule has 31 heavy (non-hydrogen) atoms. The van der Waals surface area contributed by atoms with Crippen LogP contribution in [0.1, 0.15) is 23.6 Å². The smallest absolute Gasteiger partial charge is 0.270 e. The molecule has 0 spiro atoms. The first kappa shape index (κ1) is 21.3. The third-order valence-electron chi connectivity index (χ3n) is 5.61. The van der Waals surface area contributed by atoms with Gasteiger partial charge in [0.1, 0.15) is 12.6 Å². The van der Waals surface area contributed by atoms with Crippen molar-refractivity contribution in [2.45, 2.75) is 32.4 Å². The van der Waals surface area contributed by atoms with Crippen LogP contribution < -0.4 is 4.90 Å². The quantitative estimate of drug-likeness (QED) is 0.727. The number of piperazine rings is 1. The van der Waals surface area contributed by atoms with Gasteiger partial charge in [-0.2, -0.15) is 0 Å². The number of alkyl halides is 2. The van der Waals surface area contributed by atoms with Gasteiger partial charge in [-0.15, -0.1) is 0 Å². The predicted octanol–water partition coefficient (Wildman–Crippen LogP) is 3.03. The molecule has 1 atom stereocenters. The standard InChI is InChI=1S/C22H22F3N3O3/c1-13-7-17(23)20(26-8-13)28-10-18(29)27(19(21(28)30)15-11-31-12-15)9-14-3-5-16(6-4-14)22(2,24)25/h3-8,15,19H,9-12H2,1-2H3/t19-/m0/s1. The highest BCUT2D eigenvalue weighted by Gasteiger charge is 2.47. The normalized spacial score (nSPS) is 20.2. The molecule has 0 aliphatic carbocycles. The Balaban J connectivity index is 1.61. The molecule has 9 heteroatoms. The highest BCUT2D eigenvalue weighted by molar-refractivity contribution is 6.06. The van der Waals surface area contributed by atoms with Crippen molar-refractivity contribution in [1.29, 1.82) is 0 Å². The summed E-state index contributed by atoms with van der Waals surface area (Å²) in [7, 11) is 0. The van der Waals surface area contributed by atoms with Crippen LogP contribution in [0, 0.1) is 18.7 Å². The van der Waals surface area contributed by atoms with Gasteiger partial charge in [-0.3, -0.25) is 14.5 Å². The lowest BCUT2D eigenvalue weighted by molar-refractivity contribution is -0.155. The van der Waals surface area contributed by atoms with Crippen molar-refractivity contribution in [2.24, 2.45) is 5.92 Å². The molecule has 164 valence electrons. The summed E-state index contributed by atoms with van der Waals surface area (Å²) in [6.07, 6.45) is 1.44. The summed E-state index contributed by atoms with van der Waals surface area (Å²) in [6.45, 7) is 2.84. The van der Waals surface area contributed by atoms with Gasteiger partial charge >= 0.3 is 0 Å². The van der Waals surface area contributed by atoms with Crippen LogP contribution in [0.4, 0.5) is 19.0 Å². The Morgan fingerprint density at radius 2 is 1.87 bits per heavy atom. The second-order valence-electron chi connectivity index (χ2n) is 8.09. The van der Waals surface area contributed by atoms with Crippen molar-refractivity contribution in [3.05, 3.63) is 59.0 Å². The minimum absolute atomic E-state index is 0.0823. The van der Waals surface area contributed by atoms with Crippen LogP contribution in [0.5, 0.6) is 0 Å². The minimum atomic E-state index is -2.97. The largest absolute Gasteiger partial charge is 0.380 e. The fourth-order valence-electron chi connectivity index (χ4n) is 3.83. The Morgan fingerprint density at radius 3 is 2.42 bits per heavy atom. The first-order valence-corrected chi connectivity index (χ1v) is 9.93. The topological polar surface area (TPSA) is 62.7 Å². The van der Waals surface area contributed by atoms with Crippen LogP contribution in [-0.4, -0.2) is 47.5 Å². The summed E-state index contributed by atoms with van der Waals surface area (Å²) in [5.41, 5.74) is 1.09. The number of amides is 2. The maximum absolute atomic E-state index is 14.5. The molecule has 2 saturated heterocycles. The van der Waals surface area contributed by atoms with E-state index in [-0.39, 0.29) is 36.3 Å². The van der Waals surface area contributed by atoms with E-state index in [1.807, 2.05) is 0 Å². The van der Waals surface area contributed by atoms with Gasteiger partial charge in [-0.05, 0) is 24.1 Å². The van der Waals surface area contributed by atoms with Gasteiger partial charge in [-0.1, -0.05) is 24.3 Å². The summed E-state index contributed by atoms with van der Waals surface area (Å²) in [5, 5.41) is 0. The van der Waals surface area contributed by atoms with Gasteiger partial charge in [0.05, 0.1) is 13.2 Å². The fourth-order valence-corrected chi connectivity index (χ4v) is 3.83. The van der Waals surface area contributed by atoms with E-state index >= 15 is 0 Å². The zero-order chi connectivity index (χ0) is 22.3. The Morgan fingerprint density at radius 1 is 1.19 bits per heavy atom. The Hall–Kier alpha value is -2.94. The Kier molecular flexibility index (Phi) is 5.47. The van der Waals surface area contributed by atoms with Crippen LogP contribution in [0.15, 0.2) is 36.5 Å². The van der Waals surface area contributed by atoms with E-state index in [0.29, 0.717) is 24.3 Å². The molecule has 0 radical (unpaired) electrons. The molecule has 2 amide bonds. The average Bonchev–Trinajstić information content (AvgIpc) is 2.66. The number of carbonyl (C=O) groups is 2. The maximum Gasteiger partial charge on any atom is 0.270 e. The van der Waals surface area contributed by atoms with Crippen molar-refractivity contribution >= 4 is 17.6 Å². The maximum atomic E-state index is 14.5. The molecular formula is C22H22F3N3O3. The Bertz CT molecular complexity index is 1000. The lowest BCUT2D eigenvalue weighted by atomic mass is 9.92. The van der Waals surface area contributed by atoms with Crippen molar-refractivity contribution in [2.75, 3.05) is 24.7 Å². The molecule has 0 bridgehead atoms. The summed E-state index contributed by atoms with van der Waals surface area (Å²) < 4.78 is 46.6. The lowest BCUT2D eigenvalue weighted by Crippen LogP contribution is -2.65. The summed E-state index contributed by atoms with van der Waals surface area (Å²) in [6, 6.07) is 6.08. The predicted molar refractivity (Wildman–Crippen MR) is 106 cm³/mol. The number of rotatable bonds is 5. The first-order chi connectivity index (χ1) is 14.6. The third-order valence-corrected chi connectivity index (χ3v) is 5.61. The molecule has 2 aliphatic rings. The first-order valence-electron chi connectivity index (χ1n) is 9.93. The number of carbonyl (C=O) groups excluding carboxylic acids is 2. The Labute approximate surface area is 177 Å². The molecule has 1 aromatic carbocycles. The zero-order valence-electron chi connectivity index (χ0n) is 17.1. The van der Waals surface area contributed by atoms with Crippen molar-refractivity contribution in [3.63, 3.8) is 0 Å². The number of pyridine rings is 1. The van der Waals surface area contributed by atoms with Gasteiger partial charge in [0, 0.05) is 31.1 Å². The molecule has 0 saturated carbocycles. The molecule has 2 fully saturated rings. The van der Waals surface area contributed by atoms with Crippen LogP contribution in [0.2, 0.25) is 0 Å². The molecule has 2 aromatic rings. The van der Waals surface area contributed by atoms with Crippen LogP contribution in [-0.2, 0) is 26.8 Å². The number of benzene rings is 1. The van der Waals surface area contributed by atoms with Gasteiger partial charge in [-0.25, -0.2) is 18.2 Å². The highest BCUT2D eigenvalue weighted by Crippen LogP contribution is 2.31. The van der Waals surface area contributed by atoms with Gasteiger partial charge < -0.3 is 9.64 Å². The number of aryl methyl sites for hydroxylation is 1. The molecule has 2 aliphatic heterocycles. The molecule has 6 nitrogen and oxygen atoms in total. The van der Waals surface area contributed by atoms with Gasteiger partial charge in [0.25, 0.3) is 11.8 Å². The number of aromatic nitrogens is 1. The number of hydrogen-bond donors (Lipinski definition) is 0. The number of halogens is 3. The van der Waals surface area contributed by atoms with E-state index in [0.717, 1.165) is 11.8 Å². The number of anilines is 1. The van der Waals surface area contributed by atoms with Crippen LogP contribution >= 0.6 is 0 Å². The van der Waals surface area contributed by atoms with E-state index < -0.39 is 23.7 Å². The van der Waals surface area contributed by atoms with Crippen LogP contribution in [0.25, 0.3) is 0 Å². The van der Waals surface area contributed by atoms with E-state index in [9.17, 15) is 22.8 Å². The molecule has 0 N–H and O–H groups in total. The summed E-state index contributed by atoms with van der Waals surface area (Å²) in [5.74, 6) is -4.85. The fraction of sp³-hybridized carbons (Fsp3) is 0.409. The molecule has 3 heterocycles. The average molecular weight is 433 g/mol. The third kappa shape index (κ3) is 4.14. The van der Waals surface area contributed by atoms with Crippen molar-refractivity contribution < 1.29 is 27.5 Å². The molecule has 1 aromatic heterocycles. The van der Waals surface area contributed by atoms with Crippen LogP contribution in [0.3, 0.4) is 0 Å².